The van der Waals surface area contributed by atoms with Crippen LogP contribution in [0, 0.1) is 5.92 Å². The third-order valence-corrected chi connectivity index (χ3v) is 5.22. The number of aryl methyl sites for hydroxylation is 1. The van der Waals surface area contributed by atoms with Gasteiger partial charge in [0.15, 0.2) is 0 Å². The molecule has 0 bridgehead atoms. The number of nitrogens with zero attached hydrogens (tertiary/aromatic N) is 2. The first-order valence-electron chi connectivity index (χ1n) is 8.84. The van der Waals surface area contributed by atoms with Crippen molar-refractivity contribution in [3.63, 3.8) is 0 Å². The van der Waals surface area contributed by atoms with Gasteiger partial charge in [-0.25, -0.2) is 0 Å². The van der Waals surface area contributed by atoms with Crippen LogP contribution in [0.1, 0.15) is 36.3 Å². The molecule has 7 heteroatoms. The maximum absolute atomic E-state index is 13.0. The molecule has 2 amide bonds. The number of fused-ring (bicyclic) bond motifs is 1. The fraction of sp³-hybridized carbons (Fsp3) is 0.500. The molecule has 0 spiro atoms. The molecule has 25 heavy (non-hydrogen) atoms. The van der Waals surface area contributed by atoms with Gasteiger partial charge in [0, 0.05) is 24.6 Å². The number of H-pyrrole nitrogens is 1. The van der Waals surface area contributed by atoms with E-state index in [0.29, 0.717) is 25.3 Å². The van der Waals surface area contributed by atoms with Gasteiger partial charge in [-0.1, -0.05) is 0 Å². The third-order valence-electron chi connectivity index (χ3n) is 5.22. The highest BCUT2D eigenvalue weighted by Crippen LogP contribution is 2.28. The van der Waals surface area contributed by atoms with E-state index in [0.717, 1.165) is 31.4 Å². The van der Waals surface area contributed by atoms with Crippen LogP contribution < -0.4 is 5.32 Å². The maximum atomic E-state index is 13.0. The lowest BCUT2D eigenvalue weighted by molar-refractivity contribution is -0.142. The van der Waals surface area contributed by atoms with Gasteiger partial charge in [0.25, 0.3) is 0 Å². The van der Waals surface area contributed by atoms with Gasteiger partial charge in [0.2, 0.25) is 11.8 Å². The van der Waals surface area contributed by atoms with Crippen molar-refractivity contribution in [1.82, 2.24) is 20.4 Å². The summed E-state index contributed by atoms with van der Waals surface area (Å²) in [6.07, 6.45) is 7.39. The maximum Gasteiger partial charge on any atom is 0.243 e. The van der Waals surface area contributed by atoms with Crippen molar-refractivity contribution < 1.29 is 14.0 Å². The highest BCUT2D eigenvalue weighted by atomic mass is 16.3. The molecule has 0 radical (unpaired) electrons. The van der Waals surface area contributed by atoms with E-state index in [-0.39, 0.29) is 23.8 Å². The van der Waals surface area contributed by atoms with E-state index < -0.39 is 0 Å². The molecule has 1 saturated heterocycles. The van der Waals surface area contributed by atoms with Crippen molar-refractivity contribution in [2.45, 2.75) is 44.7 Å². The summed E-state index contributed by atoms with van der Waals surface area (Å²) in [6.45, 7) is 1.01. The first kappa shape index (κ1) is 15.9. The van der Waals surface area contributed by atoms with Crippen molar-refractivity contribution in [1.29, 1.82) is 0 Å². The molecule has 132 valence electrons. The van der Waals surface area contributed by atoms with Crippen LogP contribution >= 0.6 is 0 Å². The number of aromatic amines is 1. The number of carbonyl (C=O) groups is 2. The van der Waals surface area contributed by atoms with E-state index in [2.05, 4.69) is 15.5 Å². The predicted molar refractivity (Wildman–Crippen MR) is 89.4 cm³/mol. The molecule has 2 aliphatic rings. The number of likely N-dealkylation sites (tertiary alicyclic amines) is 1. The molecule has 0 aromatic carbocycles. The molecule has 4 rings (SSSR count). The Hall–Kier alpha value is -2.57. The summed E-state index contributed by atoms with van der Waals surface area (Å²) in [4.78, 5) is 27.3. The lowest BCUT2D eigenvalue weighted by atomic mass is 9.87. The Kier molecular flexibility index (Phi) is 4.29. The summed E-state index contributed by atoms with van der Waals surface area (Å²) < 4.78 is 5.24. The second-order valence-electron chi connectivity index (χ2n) is 6.80. The molecule has 2 N–H and O–H groups in total. The van der Waals surface area contributed by atoms with E-state index in [1.165, 1.54) is 5.56 Å². The summed E-state index contributed by atoms with van der Waals surface area (Å²) in [5, 5.41) is 9.94. The number of amides is 2. The number of rotatable bonds is 4. The highest BCUT2D eigenvalue weighted by Gasteiger charge is 2.38. The van der Waals surface area contributed by atoms with Crippen molar-refractivity contribution in [2.24, 2.45) is 5.92 Å². The first-order chi connectivity index (χ1) is 12.2. The van der Waals surface area contributed by atoms with E-state index >= 15 is 0 Å². The third kappa shape index (κ3) is 3.18. The van der Waals surface area contributed by atoms with Crippen molar-refractivity contribution in [3.8, 4) is 0 Å². The van der Waals surface area contributed by atoms with E-state index in [9.17, 15) is 9.59 Å². The second kappa shape index (κ2) is 6.74. The van der Waals surface area contributed by atoms with Crippen LogP contribution in [0.2, 0.25) is 0 Å². The Morgan fingerprint density at radius 1 is 1.40 bits per heavy atom. The number of carbonyl (C=O) groups excluding carboxylic acids is 2. The number of furan rings is 1. The van der Waals surface area contributed by atoms with Crippen molar-refractivity contribution in [3.05, 3.63) is 41.6 Å². The highest BCUT2D eigenvalue weighted by molar-refractivity contribution is 5.89. The molecular formula is C18H22N4O3. The van der Waals surface area contributed by atoms with Crippen LogP contribution in [0.25, 0.3) is 0 Å². The van der Waals surface area contributed by atoms with Crippen LogP contribution in [0.4, 0.5) is 0 Å². The molecule has 1 fully saturated rings. The summed E-state index contributed by atoms with van der Waals surface area (Å²) in [7, 11) is 0. The van der Waals surface area contributed by atoms with E-state index in [1.54, 1.807) is 17.2 Å². The Balaban J connectivity index is 1.39. The molecule has 2 aromatic heterocycles. The molecule has 2 aromatic rings. The quantitative estimate of drug-likeness (QED) is 0.879. The van der Waals surface area contributed by atoms with Crippen LogP contribution in [-0.4, -0.2) is 39.5 Å². The second-order valence-corrected chi connectivity index (χ2v) is 6.80. The van der Waals surface area contributed by atoms with Gasteiger partial charge < -0.3 is 14.6 Å². The van der Waals surface area contributed by atoms with Gasteiger partial charge in [-0.15, -0.1) is 0 Å². The average Bonchev–Trinajstić information content (AvgIpc) is 3.39. The van der Waals surface area contributed by atoms with Gasteiger partial charge in [0.1, 0.15) is 11.8 Å². The van der Waals surface area contributed by atoms with Crippen LogP contribution in [0.5, 0.6) is 0 Å². The summed E-state index contributed by atoms with van der Waals surface area (Å²) >= 11 is 0. The molecule has 1 aliphatic carbocycles. The Morgan fingerprint density at radius 2 is 2.32 bits per heavy atom. The molecular weight excluding hydrogens is 320 g/mol. The zero-order valence-corrected chi connectivity index (χ0v) is 14.0. The SMILES string of the molecule is O=C(NCc1ccco1)[C@@H]1CCCN1C(=O)[C@H]1CCc2cn[nH]c2C1. The summed E-state index contributed by atoms with van der Waals surface area (Å²) in [6, 6.07) is 3.24. The van der Waals surface area contributed by atoms with Crippen LogP contribution in [0.15, 0.2) is 29.0 Å². The van der Waals surface area contributed by atoms with Gasteiger partial charge in [0.05, 0.1) is 19.0 Å². The zero-order valence-electron chi connectivity index (χ0n) is 14.0. The van der Waals surface area contributed by atoms with Crippen LogP contribution in [0.3, 0.4) is 0 Å². The molecule has 1 aliphatic heterocycles. The molecule has 3 heterocycles. The number of aromatic nitrogens is 2. The molecule has 7 nitrogen and oxygen atoms in total. The van der Waals surface area contributed by atoms with Gasteiger partial charge in [-0.3, -0.25) is 14.7 Å². The number of nitrogens with one attached hydrogen (secondary N) is 2. The van der Waals surface area contributed by atoms with Gasteiger partial charge >= 0.3 is 0 Å². The van der Waals surface area contributed by atoms with E-state index in [1.807, 2.05) is 12.3 Å². The lowest BCUT2D eigenvalue weighted by Crippen LogP contribution is -2.48. The minimum Gasteiger partial charge on any atom is -0.467 e. The minimum absolute atomic E-state index is 0.0635. The van der Waals surface area contributed by atoms with Crippen molar-refractivity contribution in [2.75, 3.05) is 6.54 Å². The standard InChI is InChI=1S/C18H22N4O3/c23-17(19-11-14-3-2-8-25-14)16-4-1-7-22(16)18(24)12-5-6-13-10-20-21-15(13)9-12/h2-3,8,10,12,16H,1,4-7,9,11H2,(H,19,23)(H,20,21)/t12-,16-/m0/s1. The lowest BCUT2D eigenvalue weighted by Gasteiger charge is -2.29. The van der Waals surface area contributed by atoms with E-state index in [4.69, 9.17) is 4.42 Å². The monoisotopic (exact) mass is 342 g/mol. The fourth-order valence-electron chi connectivity index (χ4n) is 3.86. The largest absolute Gasteiger partial charge is 0.467 e. The summed E-state index contributed by atoms with van der Waals surface area (Å²) in [5.74, 6) is 0.644. The van der Waals surface area contributed by atoms with Crippen molar-refractivity contribution >= 4 is 11.8 Å². The zero-order chi connectivity index (χ0) is 17.2. The average molecular weight is 342 g/mol. The Morgan fingerprint density at radius 3 is 3.16 bits per heavy atom. The molecule has 0 unspecified atom stereocenters. The number of hydrogen-bond acceptors (Lipinski definition) is 4. The Labute approximate surface area is 145 Å². The van der Waals surface area contributed by atoms with Crippen LogP contribution in [-0.2, 0) is 29.0 Å². The first-order valence-corrected chi connectivity index (χ1v) is 8.84. The predicted octanol–water partition coefficient (Wildman–Crippen LogP) is 1.41. The van der Waals surface area contributed by atoms with Gasteiger partial charge in [-0.2, -0.15) is 5.10 Å². The smallest absolute Gasteiger partial charge is 0.243 e. The fourth-order valence-corrected chi connectivity index (χ4v) is 3.86. The summed E-state index contributed by atoms with van der Waals surface area (Å²) in [5.41, 5.74) is 2.26. The molecule has 2 atom stereocenters. The number of hydrogen-bond donors (Lipinski definition) is 2. The molecule has 0 saturated carbocycles. The van der Waals surface area contributed by atoms with Gasteiger partial charge in [-0.05, 0) is 43.4 Å². The minimum atomic E-state index is -0.370. The Bertz CT molecular complexity index is 752. The normalized spacial score (nSPS) is 22.6. The topological polar surface area (TPSA) is 91.2 Å².